The van der Waals surface area contributed by atoms with Gasteiger partial charge in [0, 0.05) is 44.5 Å². The third-order valence-corrected chi connectivity index (χ3v) is 8.16. The Morgan fingerprint density at radius 2 is 1.76 bits per heavy atom. The van der Waals surface area contributed by atoms with Crippen molar-refractivity contribution in [2.75, 3.05) is 19.6 Å². The van der Waals surface area contributed by atoms with Crippen LogP contribution in [0, 0.1) is 26.7 Å². The van der Waals surface area contributed by atoms with Gasteiger partial charge >= 0.3 is 0 Å². The van der Waals surface area contributed by atoms with E-state index >= 15 is 0 Å². The fraction of sp³-hybridized carbons (Fsp3) is 0.545. The van der Waals surface area contributed by atoms with Gasteiger partial charge in [-0.15, -0.1) is 0 Å². The van der Waals surface area contributed by atoms with Gasteiger partial charge in [0.25, 0.3) is 0 Å². The maximum Gasteiger partial charge on any atom is 0.243 e. The summed E-state index contributed by atoms with van der Waals surface area (Å²) in [6.45, 7) is 10.4. The molecule has 0 fully saturated rings. The zero-order valence-electron chi connectivity index (χ0n) is 27.5. The summed E-state index contributed by atoms with van der Waals surface area (Å²) in [5.74, 6) is 0.651. The predicted octanol–water partition coefficient (Wildman–Crippen LogP) is 2.49. The van der Waals surface area contributed by atoms with Crippen molar-refractivity contribution in [2.24, 2.45) is 5.92 Å². The lowest BCUT2D eigenvalue weighted by Gasteiger charge is -2.26. The van der Waals surface area contributed by atoms with Gasteiger partial charge in [-0.05, 0) is 51.5 Å². The number of nitrogens with zero attached hydrogens (tertiary/aromatic N) is 5. The maximum absolute atomic E-state index is 13.8. The molecule has 0 spiro atoms. The fourth-order valence-corrected chi connectivity index (χ4v) is 5.66. The number of carbonyl (C=O) groups is 4. The van der Waals surface area contributed by atoms with Gasteiger partial charge in [-0.2, -0.15) is 5.10 Å². The molecule has 0 aliphatic carbocycles. The van der Waals surface area contributed by atoms with E-state index in [0.29, 0.717) is 62.7 Å². The molecule has 0 saturated heterocycles. The standard InChI is InChI=1S/C33H46N8O5/c1-21(2)31-32-35-24(5)38-41(32)20-29(43)34-16-10-18-40(30(44)15-14-26-22(3)39-46-23(26)4)17-9-13-28(42)36-27(33(45)37-31)19-25-11-7-6-8-12-25/h6-8,11-12,21,27,31H,9-10,13-20H2,1-5H3,(H,34,43)(H,36,42)(H,37,45)/t27-,31+/m1/s1. The molecule has 4 rings (SSSR count). The summed E-state index contributed by atoms with van der Waals surface area (Å²) in [6, 6.07) is 8.11. The Hall–Kier alpha value is -4.55. The molecule has 0 bridgehead atoms. The second kappa shape index (κ2) is 16.1. The van der Waals surface area contributed by atoms with Crippen LogP contribution in [-0.4, -0.2) is 74.1 Å². The molecule has 1 aliphatic rings. The zero-order valence-corrected chi connectivity index (χ0v) is 27.5. The van der Waals surface area contributed by atoms with E-state index in [0.717, 1.165) is 16.8 Å². The zero-order chi connectivity index (χ0) is 33.2. The van der Waals surface area contributed by atoms with E-state index in [4.69, 9.17) is 4.52 Å². The van der Waals surface area contributed by atoms with Crippen molar-refractivity contribution in [3.8, 4) is 0 Å². The lowest BCUT2D eigenvalue weighted by atomic mass is 10.0. The number of hydrogen-bond donors (Lipinski definition) is 3. The molecule has 248 valence electrons. The summed E-state index contributed by atoms with van der Waals surface area (Å²) in [5, 5.41) is 17.4. The van der Waals surface area contributed by atoms with Gasteiger partial charge in [-0.3, -0.25) is 19.2 Å². The van der Waals surface area contributed by atoms with Crippen LogP contribution in [0.3, 0.4) is 0 Å². The van der Waals surface area contributed by atoms with Crippen molar-refractivity contribution < 1.29 is 23.7 Å². The highest BCUT2D eigenvalue weighted by atomic mass is 16.5. The molecule has 0 saturated carbocycles. The number of benzene rings is 1. The van der Waals surface area contributed by atoms with E-state index in [1.807, 2.05) is 58.0 Å². The van der Waals surface area contributed by atoms with Gasteiger partial charge in [0.15, 0.2) is 5.82 Å². The number of aromatic nitrogens is 4. The minimum Gasteiger partial charge on any atom is -0.361 e. The van der Waals surface area contributed by atoms with Crippen molar-refractivity contribution >= 4 is 23.6 Å². The average Bonchev–Trinajstić information content (AvgIpc) is 3.54. The average molecular weight is 635 g/mol. The number of hydrogen-bond acceptors (Lipinski definition) is 8. The Balaban J connectivity index is 1.55. The molecule has 3 heterocycles. The SMILES string of the molecule is Cc1nc2n(n1)CC(=O)NCCCN(C(=O)CCc1c(C)noc1C)CCCC(=O)N[C@H](Cc1ccccc1)C(=O)N[C@H]2C(C)C. The first-order valence-electron chi connectivity index (χ1n) is 16.0. The lowest BCUT2D eigenvalue weighted by Crippen LogP contribution is -2.50. The molecule has 3 aromatic rings. The molecule has 1 aliphatic heterocycles. The first-order chi connectivity index (χ1) is 22.0. The van der Waals surface area contributed by atoms with E-state index in [1.165, 1.54) is 4.68 Å². The Morgan fingerprint density at radius 1 is 1.02 bits per heavy atom. The third kappa shape index (κ3) is 9.48. The second-order valence-corrected chi connectivity index (χ2v) is 12.2. The van der Waals surface area contributed by atoms with Gasteiger partial charge < -0.3 is 25.4 Å². The monoisotopic (exact) mass is 634 g/mol. The van der Waals surface area contributed by atoms with Crippen LogP contribution in [0.1, 0.15) is 79.8 Å². The van der Waals surface area contributed by atoms with E-state index in [9.17, 15) is 19.2 Å². The topological polar surface area (TPSA) is 164 Å². The highest BCUT2D eigenvalue weighted by molar-refractivity contribution is 5.88. The third-order valence-electron chi connectivity index (χ3n) is 8.16. The molecule has 0 unspecified atom stereocenters. The summed E-state index contributed by atoms with van der Waals surface area (Å²) in [7, 11) is 0. The van der Waals surface area contributed by atoms with Crippen molar-refractivity contribution in [2.45, 2.75) is 91.8 Å². The van der Waals surface area contributed by atoms with Crippen LogP contribution in [-0.2, 0) is 38.6 Å². The molecule has 13 nitrogen and oxygen atoms in total. The van der Waals surface area contributed by atoms with Crippen LogP contribution in [0.2, 0.25) is 0 Å². The maximum atomic E-state index is 13.8. The second-order valence-electron chi connectivity index (χ2n) is 12.2. The van der Waals surface area contributed by atoms with Crippen molar-refractivity contribution in [1.29, 1.82) is 0 Å². The molecule has 1 aromatic carbocycles. The molecule has 2 atom stereocenters. The Labute approximate surface area is 269 Å². The lowest BCUT2D eigenvalue weighted by molar-refractivity contribution is -0.132. The van der Waals surface area contributed by atoms with E-state index in [-0.39, 0.29) is 48.9 Å². The summed E-state index contributed by atoms with van der Waals surface area (Å²) < 4.78 is 6.76. The van der Waals surface area contributed by atoms with Crippen molar-refractivity contribution in [3.05, 3.63) is 64.6 Å². The van der Waals surface area contributed by atoms with Crippen LogP contribution in [0.15, 0.2) is 34.9 Å². The summed E-state index contributed by atoms with van der Waals surface area (Å²) in [5.41, 5.74) is 2.59. The minimum absolute atomic E-state index is 0.0510. The predicted molar refractivity (Wildman–Crippen MR) is 170 cm³/mol. The molecule has 3 N–H and O–H groups in total. The smallest absolute Gasteiger partial charge is 0.243 e. The van der Waals surface area contributed by atoms with E-state index in [1.54, 1.807) is 11.8 Å². The van der Waals surface area contributed by atoms with Gasteiger partial charge in [-0.25, -0.2) is 9.67 Å². The van der Waals surface area contributed by atoms with Gasteiger partial charge in [0.05, 0.1) is 11.7 Å². The number of fused-ring (bicyclic) bond motifs is 1. The Kier molecular flexibility index (Phi) is 12.0. The normalized spacial score (nSPS) is 19.1. The van der Waals surface area contributed by atoms with E-state index < -0.39 is 12.1 Å². The molecule has 2 aromatic heterocycles. The molecule has 0 radical (unpaired) electrons. The van der Waals surface area contributed by atoms with Gasteiger partial charge in [0.1, 0.15) is 24.2 Å². The molecular weight excluding hydrogens is 588 g/mol. The highest BCUT2D eigenvalue weighted by Crippen LogP contribution is 2.21. The van der Waals surface area contributed by atoms with Crippen LogP contribution in [0.25, 0.3) is 0 Å². The quantitative estimate of drug-likeness (QED) is 0.372. The summed E-state index contributed by atoms with van der Waals surface area (Å²) in [6.07, 6.45) is 2.18. The number of carbonyl (C=O) groups excluding carboxylic acids is 4. The van der Waals surface area contributed by atoms with Gasteiger partial charge in [-0.1, -0.05) is 49.3 Å². The van der Waals surface area contributed by atoms with Crippen LogP contribution >= 0.6 is 0 Å². The van der Waals surface area contributed by atoms with Crippen LogP contribution < -0.4 is 16.0 Å². The summed E-state index contributed by atoms with van der Waals surface area (Å²) >= 11 is 0. The number of nitrogens with one attached hydrogen (secondary N) is 3. The number of amides is 4. The highest BCUT2D eigenvalue weighted by Gasteiger charge is 2.30. The summed E-state index contributed by atoms with van der Waals surface area (Å²) in [4.78, 5) is 59.6. The van der Waals surface area contributed by atoms with Gasteiger partial charge in [0.2, 0.25) is 23.6 Å². The van der Waals surface area contributed by atoms with Crippen molar-refractivity contribution in [1.82, 2.24) is 40.8 Å². The Morgan fingerprint density at radius 3 is 2.46 bits per heavy atom. The minimum atomic E-state index is -0.844. The molecule has 13 heteroatoms. The van der Waals surface area contributed by atoms with Crippen LogP contribution in [0.5, 0.6) is 0 Å². The number of aryl methyl sites for hydroxylation is 3. The first kappa shape index (κ1) is 34.3. The van der Waals surface area contributed by atoms with Crippen LogP contribution in [0.4, 0.5) is 0 Å². The number of rotatable bonds is 6. The first-order valence-corrected chi connectivity index (χ1v) is 16.0. The largest absolute Gasteiger partial charge is 0.361 e. The molecule has 46 heavy (non-hydrogen) atoms. The Bertz CT molecular complexity index is 1480. The van der Waals surface area contributed by atoms with Crippen molar-refractivity contribution in [3.63, 3.8) is 0 Å². The molecule has 4 amide bonds. The fourth-order valence-electron chi connectivity index (χ4n) is 5.66. The van der Waals surface area contributed by atoms with E-state index in [2.05, 4.69) is 31.2 Å². The molecular formula is C33H46N8O5.